The Labute approximate surface area is 135 Å². The first-order valence-electron chi connectivity index (χ1n) is 7.70. The van der Waals surface area contributed by atoms with Crippen molar-refractivity contribution in [1.82, 2.24) is 19.2 Å². The molecule has 0 radical (unpaired) electrons. The van der Waals surface area contributed by atoms with E-state index in [1.54, 1.807) is 22.2 Å². The summed E-state index contributed by atoms with van der Waals surface area (Å²) in [6, 6.07) is 7.90. The molecular weight excluding hydrogens is 308 g/mol. The van der Waals surface area contributed by atoms with Gasteiger partial charge < -0.3 is 0 Å². The number of aryl methyl sites for hydroxylation is 3. The smallest absolute Gasteiger partial charge is 0.268 e. The first-order chi connectivity index (χ1) is 11.3. The molecule has 3 aromatic heterocycles. The summed E-state index contributed by atoms with van der Waals surface area (Å²) in [6.45, 7) is 2.01. The van der Waals surface area contributed by atoms with Gasteiger partial charge in [0, 0.05) is 4.88 Å². The lowest BCUT2D eigenvalue weighted by Crippen LogP contribution is -2.22. The minimum absolute atomic E-state index is 0.0224. The lowest BCUT2D eigenvalue weighted by molar-refractivity contribution is 0.913. The third-order valence-corrected chi connectivity index (χ3v) is 5.92. The molecule has 1 aromatic carbocycles. The molecule has 0 saturated heterocycles. The molecule has 0 amide bonds. The van der Waals surface area contributed by atoms with E-state index >= 15 is 0 Å². The van der Waals surface area contributed by atoms with Crippen LogP contribution in [0.25, 0.3) is 21.7 Å². The molecule has 0 N–H and O–H groups in total. The van der Waals surface area contributed by atoms with Gasteiger partial charge in [-0.3, -0.25) is 9.20 Å². The first-order valence-corrected chi connectivity index (χ1v) is 8.52. The van der Waals surface area contributed by atoms with Gasteiger partial charge in [0.25, 0.3) is 5.56 Å². The van der Waals surface area contributed by atoms with Crippen LogP contribution in [0.2, 0.25) is 0 Å². The summed E-state index contributed by atoms with van der Waals surface area (Å²) in [5.74, 6) is 0.580. The van der Waals surface area contributed by atoms with Gasteiger partial charge >= 0.3 is 0 Å². The fraction of sp³-hybridized carbons (Fsp3) is 0.235. The van der Waals surface area contributed by atoms with Crippen molar-refractivity contribution < 1.29 is 0 Å². The number of thiophene rings is 1. The number of aromatic nitrogens is 4. The van der Waals surface area contributed by atoms with Crippen LogP contribution in [0.15, 0.2) is 35.4 Å². The second-order valence-corrected chi connectivity index (χ2v) is 7.05. The highest BCUT2D eigenvalue weighted by Crippen LogP contribution is 2.36. The number of fused-ring (bicyclic) bond motifs is 5. The lowest BCUT2D eigenvalue weighted by Gasteiger charge is -2.11. The highest BCUT2D eigenvalue weighted by atomic mass is 32.1. The number of para-hydroxylation sites is 1. The molecule has 0 unspecified atom stereocenters. The zero-order valence-electron chi connectivity index (χ0n) is 12.6. The highest BCUT2D eigenvalue weighted by molar-refractivity contribution is 7.19. The number of rotatable bonds is 1. The van der Waals surface area contributed by atoms with Crippen LogP contribution in [0.4, 0.5) is 0 Å². The van der Waals surface area contributed by atoms with Crippen LogP contribution in [-0.2, 0) is 12.8 Å². The van der Waals surface area contributed by atoms with E-state index < -0.39 is 0 Å². The predicted molar refractivity (Wildman–Crippen MR) is 90.7 cm³/mol. The van der Waals surface area contributed by atoms with Gasteiger partial charge in [0.1, 0.15) is 11.2 Å². The zero-order chi connectivity index (χ0) is 15.6. The van der Waals surface area contributed by atoms with Crippen molar-refractivity contribution in [2.45, 2.75) is 26.2 Å². The molecule has 1 aliphatic rings. The second-order valence-electron chi connectivity index (χ2n) is 5.97. The fourth-order valence-electron chi connectivity index (χ4n) is 3.54. The normalized spacial score (nSPS) is 14.0. The molecular formula is C17H14N4OS. The van der Waals surface area contributed by atoms with Gasteiger partial charge in [-0.05, 0) is 43.4 Å². The molecule has 1 aliphatic carbocycles. The summed E-state index contributed by atoms with van der Waals surface area (Å²) >= 11 is 1.71. The molecule has 114 valence electrons. The van der Waals surface area contributed by atoms with E-state index in [9.17, 15) is 4.79 Å². The van der Waals surface area contributed by atoms with Crippen LogP contribution in [0.3, 0.4) is 0 Å². The lowest BCUT2D eigenvalue weighted by atomic mass is 10.1. The monoisotopic (exact) mass is 322 g/mol. The Morgan fingerprint density at radius 3 is 2.96 bits per heavy atom. The van der Waals surface area contributed by atoms with E-state index in [1.807, 2.05) is 35.6 Å². The van der Waals surface area contributed by atoms with E-state index in [0.717, 1.165) is 40.7 Å². The SMILES string of the molecule is Cc1ccccc1-n1c(=O)c2c3c(sc2n2cnnc12)CCC3. The van der Waals surface area contributed by atoms with Crippen LogP contribution in [0.1, 0.15) is 22.4 Å². The number of benzene rings is 1. The Bertz CT molecular complexity index is 1130. The molecule has 5 rings (SSSR count). The topological polar surface area (TPSA) is 52.2 Å². The average molecular weight is 322 g/mol. The van der Waals surface area contributed by atoms with E-state index in [0.29, 0.717) is 5.78 Å². The third kappa shape index (κ3) is 1.64. The molecule has 0 bridgehead atoms. The maximum Gasteiger partial charge on any atom is 0.268 e. The predicted octanol–water partition coefficient (Wildman–Crippen LogP) is 2.89. The Kier molecular flexibility index (Phi) is 2.56. The Balaban J connectivity index is 2.03. The number of nitrogens with zero attached hydrogens (tertiary/aromatic N) is 4. The molecule has 6 heteroatoms. The van der Waals surface area contributed by atoms with Crippen LogP contribution in [-0.4, -0.2) is 19.2 Å². The molecule has 5 nitrogen and oxygen atoms in total. The van der Waals surface area contributed by atoms with Gasteiger partial charge in [-0.1, -0.05) is 18.2 Å². The van der Waals surface area contributed by atoms with Crippen molar-refractivity contribution in [2.24, 2.45) is 0 Å². The summed E-state index contributed by atoms with van der Waals surface area (Å²) in [7, 11) is 0. The molecule has 0 saturated carbocycles. The number of hydrogen-bond acceptors (Lipinski definition) is 4. The standard InChI is InChI=1S/C17H14N4OS/c1-10-5-2-3-7-12(10)21-15(22)14-11-6-4-8-13(11)23-16(14)20-9-18-19-17(20)21/h2-3,5,7,9H,4,6,8H2,1H3. The van der Waals surface area contributed by atoms with Gasteiger partial charge in [0.15, 0.2) is 0 Å². The minimum Gasteiger partial charge on any atom is -0.268 e. The van der Waals surface area contributed by atoms with Crippen LogP contribution < -0.4 is 5.56 Å². The van der Waals surface area contributed by atoms with Gasteiger partial charge in [0.05, 0.1) is 11.1 Å². The van der Waals surface area contributed by atoms with E-state index in [1.165, 1.54) is 10.4 Å². The summed E-state index contributed by atoms with van der Waals surface area (Å²) in [6.07, 6.45) is 4.91. The Morgan fingerprint density at radius 1 is 1.22 bits per heavy atom. The van der Waals surface area contributed by atoms with Crippen molar-refractivity contribution in [1.29, 1.82) is 0 Å². The summed E-state index contributed by atoms with van der Waals surface area (Å²) in [5.41, 5.74) is 3.17. The van der Waals surface area contributed by atoms with Crippen molar-refractivity contribution in [3.63, 3.8) is 0 Å². The summed E-state index contributed by atoms with van der Waals surface area (Å²) in [5, 5.41) is 9.11. The van der Waals surface area contributed by atoms with Crippen molar-refractivity contribution >= 4 is 27.3 Å². The molecule has 0 aliphatic heterocycles. The number of hydrogen-bond donors (Lipinski definition) is 0. The van der Waals surface area contributed by atoms with Crippen LogP contribution in [0, 0.1) is 6.92 Å². The van der Waals surface area contributed by atoms with Crippen LogP contribution in [0.5, 0.6) is 0 Å². The summed E-state index contributed by atoms with van der Waals surface area (Å²) in [4.78, 5) is 15.6. The van der Waals surface area contributed by atoms with Gasteiger partial charge in [0.2, 0.25) is 5.78 Å². The Hall–Kier alpha value is -2.47. The second kappa shape index (κ2) is 4.52. The maximum absolute atomic E-state index is 13.3. The third-order valence-electron chi connectivity index (χ3n) is 4.62. The molecule has 4 aromatic rings. The maximum atomic E-state index is 13.3. The van der Waals surface area contributed by atoms with Crippen molar-refractivity contribution in [3.8, 4) is 5.69 Å². The van der Waals surface area contributed by atoms with Gasteiger partial charge in [-0.25, -0.2) is 4.57 Å². The molecule has 0 spiro atoms. The quantitative estimate of drug-likeness (QED) is 0.541. The van der Waals surface area contributed by atoms with Gasteiger partial charge in [-0.15, -0.1) is 21.5 Å². The first kappa shape index (κ1) is 13.0. The largest absolute Gasteiger partial charge is 0.268 e. The van der Waals surface area contributed by atoms with Crippen molar-refractivity contribution in [2.75, 3.05) is 0 Å². The molecule has 3 heterocycles. The van der Waals surface area contributed by atoms with E-state index in [2.05, 4.69) is 10.2 Å². The van der Waals surface area contributed by atoms with Crippen molar-refractivity contribution in [3.05, 3.63) is 57.0 Å². The average Bonchev–Trinajstić information content (AvgIpc) is 3.22. The van der Waals surface area contributed by atoms with E-state index in [4.69, 9.17) is 0 Å². The minimum atomic E-state index is 0.0224. The highest BCUT2D eigenvalue weighted by Gasteiger charge is 2.24. The zero-order valence-corrected chi connectivity index (χ0v) is 13.4. The molecule has 23 heavy (non-hydrogen) atoms. The Morgan fingerprint density at radius 2 is 2.09 bits per heavy atom. The molecule has 0 fully saturated rings. The van der Waals surface area contributed by atoms with Crippen LogP contribution >= 0.6 is 11.3 Å². The molecule has 0 atom stereocenters. The summed E-state index contributed by atoms with van der Waals surface area (Å²) < 4.78 is 3.65. The van der Waals surface area contributed by atoms with Gasteiger partial charge in [-0.2, -0.15) is 0 Å². The fourth-order valence-corrected chi connectivity index (χ4v) is 4.89. The van der Waals surface area contributed by atoms with E-state index in [-0.39, 0.29) is 5.56 Å².